The number of anilines is 1. The molecule has 3 N–H and O–H groups in total. The van der Waals surface area contributed by atoms with E-state index >= 15 is 0 Å². The van der Waals surface area contributed by atoms with Crippen molar-refractivity contribution in [3.63, 3.8) is 0 Å². The number of carboxylic acids is 1. The molecule has 1 saturated carbocycles. The second-order valence-corrected chi connectivity index (χ2v) is 4.51. The number of rotatable bonds is 4. The molecule has 0 aliphatic heterocycles. The number of carbonyl (C=O) groups excluding carboxylic acids is 1. The zero-order chi connectivity index (χ0) is 13.8. The number of carboxylic acid groups (broad SMARTS) is 1. The van der Waals surface area contributed by atoms with Crippen LogP contribution in [0.5, 0.6) is 0 Å². The SMILES string of the molecule is COC1CC(NC(=O)Nc2cccc(C(=O)O)c2)C1. The third-order valence-corrected chi connectivity index (χ3v) is 3.13. The van der Waals surface area contributed by atoms with Crippen LogP contribution in [0.1, 0.15) is 23.2 Å². The maximum absolute atomic E-state index is 11.7. The van der Waals surface area contributed by atoms with Crippen molar-refractivity contribution in [1.82, 2.24) is 5.32 Å². The average Bonchev–Trinajstić information content (AvgIpc) is 2.33. The number of carbonyl (C=O) groups is 2. The Balaban J connectivity index is 1.85. The Kier molecular flexibility index (Phi) is 4.01. The lowest BCUT2D eigenvalue weighted by atomic mass is 9.89. The van der Waals surface area contributed by atoms with Gasteiger partial charge in [0.25, 0.3) is 0 Å². The summed E-state index contributed by atoms with van der Waals surface area (Å²) in [6, 6.07) is 5.91. The third kappa shape index (κ3) is 3.45. The number of methoxy groups -OCH3 is 1. The van der Waals surface area contributed by atoms with Gasteiger partial charge in [-0.2, -0.15) is 0 Å². The molecule has 0 aromatic heterocycles. The first-order valence-corrected chi connectivity index (χ1v) is 6.02. The molecule has 102 valence electrons. The van der Waals surface area contributed by atoms with Crippen molar-refractivity contribution < 1.29 is 19.4 Å². The fraction of sp³-hybridized carbons (Fsp3) is 0.385. The van der Waals surface area contributed by atoms with Crippen LogP contribution < -0.4 is 10.6 Å². The number of ether oxygens (including phenoxy) is 1. The number of benzene rings is 1. The summed E-state index contributed by atoms with van der Waals surface area (Å²) in [6.45, 7) is 0. The van der Waals surface area contributed by atoms with E-state index in [1.165, 1.54) is 12.1 Å². The van der Waals surface area contributed by atoms with E-state index in [0.29, 0.717) is 5.69 Å². The molecule has 0 unspecified atom stereocenters. The van der Waals surface area contributed by atoms with E-state index in [-0.39, 0.29) is 23.7 Å². The first-order valence-electron chi connectivity index (χ1n) is 6.02. The molecule has 1 fully saturated rings. The Morgan fingerprint density at radius 3 is 2.74 bits per heavy atom. The van der Waals surface area contributed by atoms with Crippen LogP contribution in [-0.2, 0) is 4.74 Å². The van der Waals surface area contributed by atoms with E-state index in [0.717, 1.165) is 12.8 Å². The molecule has 6 heteroatoms. The lowest BCUT2D eigenvalue weighted by Crippen LogP contribution is -2.48. The predicted molar refractivity (Wildman–Crippen MR) is 69.4 cm³/mol. The number of hydrogen-bond acceptors (Lipinski definition) is 3. The molecule has 1 aromatic rings. The van der Waals surface area contributed by atoms with E-state index in [9.17, 15) is 9.59 Å². The highest BCUT2D eigenvalue weighted by atomic mass is 16.5. The largest absolute Gasteiger partial charge is 0.478 e. The number of hydrogen-bond donors (Lipinski definition) is 3. The summed E-state index contributed by atoms with van der Waals surface area (Å²) in [6.07, 6.45) is 1.83. The lowest BCUT2D eigenvalue weighted by Gasteiger charge is -2.34. The minimum absolute atomic E-state index is 0.118. The van der Waals surface area contributed by atoms with Gasteiger partial charge in [-0.25, -0.2) is 9.59 Å². The monoisotopic (exact) mass is 264 g/mol. The Morgan fingerprint density at radius 2 is 2.11 bits per heavy atom. The van der Waals surface area contributed by atoms with E-state index in [2.05, 4.69) is 10.6 Å². The van der Waals surface area contributed by atoms with Crippen LogP contribution in [0.25, 0.3) is 0 Å². The molecule has 0 spiro atoms. The molecule has 6 nitrogen and oxygen atoms in total. The molecule has 0 saturated heterocycles. The number of aromatic carboxylic acids is 1. The van der Waals surface area contributed by atoms with Crippen LogP contribution in [0.4, 0.5) is 10.5 Å². The third-order valence-electron chi connectivity index (χ3n) is 3.13. The quantitative estimate of drug-likeness (QED) is 0.772. The fourth-order valence-electron chi connectivity index (χ4n) is 1.96. The topological polar surface area (TPSA) is 87.7 Å². The Bertz CT molecular complexity index is 483. The molecule has 0 atom stereocenters. The van der Waals surface area contributed by atoms with Gasteiger partial charge in [-0.15, -0.1) is 0 Å². The van der Waals surface area contributed by atoms with Crippen molar-refractivity contribution in [1.29, 1.82) is 0 Å². The van der Waals surface area contributed by atoms with Crippen LogP contribution in [-0.4, -0.2) is 36.4 Å². The molecular weight excluding hydrogens is 248 g/mol. The van der Waals surface area contributed by atoms with Crippen molar-refractivity contribution >= 4 is 17.7 Å². The minimum atomic E-state index is -1.02. The van der Waals surface area contributed by atoms with Gasteiger partial charge in [0, 0.05) is 18.8 Å². The van der Waals surface area contributed by atoms with Gasteiger partial charge in [0.15, 0.2) is 0 Å². The Labute approximate surface area is 110 Å². The molecule has 0 bridgehead atoms. The molecule has 0 radical (unpaired) electrons. The van der Waals surface area contributed by atoms with E-state index in [1.807, 2.05) is 0 Å². The second kappa shape index (κ2) is 5.71. The van der Waals surface area contributed by atoms with Gasteiger partial charge in [0.05, 0.1) is 11.7 Å². The summed E-state index contributed by atoms with van der Waals surface area (Å²) in [4.78, 5) is 22.5. The van der Waals surface area contributed by atoms with Crippen molar-refractivity contribution in [2.75, 3.05) is 12.4 Å². The van der Waals surface area contributed by atoms with Gasteiger partial charge in [-0.1, -0.05) is 6.07 Å². The van der Waals surface area contributed by atoms with Crippen LogP contribution in [0.3, 0.4) is 0 Å². The molecule has 2 amide bonds. The number of urea groups is 1. The zero-order valence-corrected chi connectivity index (χ0v) is 10.6. The molecule has 1 aliphatic rings. The first kappa shape index (κ1) is 13.4. The minimum Gasteiger partial charge on any atom is -0.478 e. The summed E-state index contributed by atoms with van der Waals surface area (Å²) >= 11 is 0. The van der Waals surface area contributed by atoms with Crippen molar-refractivity contribution in [2.24, 2.45) is 0 Å². The summed E-state index contributed by atoms with van der Waals surface area (Å²) in [7, 11) is 1.65. The highest BCUT2D eigenvalue weighted by Crippen LogP contribution is 2.22. The average molecular weight is 264 g/mol. The normalized spacial score (nSPS) is 21.3. The predicted octanol–water partition coefficient (Wildman–Crippen LogP) is 1.68. The van der Waals surface area contributed by atoms with Crippen LogP contribution in [0.15, 0.2) is 24.3 Å². The van der Waals surface area contributed by atoms with Gasteiger partial charge in [-0.05, 0) is 31.0 Å². The van der Waals surface area contributed by atoms with Crippen molar-refractivity contribution in [2.45, 2.75) is 25.0 Å². The maximum atomic E-state index is 11.7. The van der Waals surface area contributed by atoms with Gasteiger partial charge < -0.3 is 20.5 Å². The summed E-state index contributed by atoms with van der Waals surface area (Å²) in [5.41, 5.74) is 0.598. The Morgan fingerprint density at radius 1 is 1.37 bits per heavy atom. The molecule has 0 heterocycles. The maximum Gasteiger partial charge on any atom is 0.335 e. The van der Waals surface area contributed by atoms with E-state index < -0.39 is 5.97 Å². The fourth-order valence-corrected chi connectivity index (χ4v) is 1.96. The highest BCUT2D eigenvalue weighted by molar-refractivity contribution is 5.93. The number of nitrogens with one attached hydrogen (secondary N) is 2. The van der Waals surface area contributed by atoms with E-state index in [1.54, 1.807) is 19.2 Å². The highest BCUT2D eigenvalue weighted by Gasteiger charge is 2.30. The lowest BCUT2D eigenvalue weighted by molar-refractivity contribution is 0.0210. The van der Waals surface area contributed by atoms with Gasteiger partial charge >= 0.3 is 12.0 Å². The van der Waals surface area contributed by atoms with Gasteiger partial charge in [-0.3, -0.25) is 0 Å². The van der Waals surface area contributed by atoms with Gasteiger partial charge in [0.2, 0.25) is 0 Å². The molecule has 2 rings (SSSR count). The zero-order valence-electron chi connectivity index (χ0n) is 10.6. The van der Waals surface area contributed by atoms with Crippen molar-refractivity contribution in [3.05, 3.63) is 29.8 Å². The van der Waals surface area contributed by atoms with Crippen molar-refractivity contribution in [3.8, 4) is 0 Å². The Hall–Kier alpha value is -2.08. The molecule has 1 aliphatic carbocycles. The van der Waals surface area contributed by atoms with Crippen LogP contribution >= 0.6 is 0 Å². The van der Waals surface area contributed by atoms with E-state index in [4.69, 9.17) is 9.84 Å². The standard InChI is InChI=1S/C13H16N2O4/c1-19-11-6-10(7-11)15-13(18)14-9-4-2-3-8(5-9)12(16)17/h2-5,10-11H,6-7H2,1H3,(H,16,17)(H2,14,15,18). The summed E-state index contributed by atoms with van der Waals surface area (Å²) in [5.74, 6) is -1.02. The first-order chi connectivity index (χ1) is 9.08. The number of amides is 2. The summed E-state index contributed by atoms with van der Waals surface area (Å²) in [5, 5.41) is 14.3. The molecule has 1 aromatic carbocycles. The van der Waals surface area contributed by atoms with Crippen LogP contribution in [0, 0.1) is 0 Å². The van der Waals surface area contributed by atoms with Crippen LogP contribution in [0.2, 0.25) is 0 Å². The summed E-state index contributed by atoms with van der Waals surface area (Å²) < 4.78 is 5.12. The molecule has 19 heavy (non-hydrogen) atoms. The second-order valence-electron chi connectivity index (χ2n) is 4.51. The molecular formula is C13H16N2O4. The smallest absolute Gasteiger partial charge is 0.335 e. The van der Waals surface area contributed by atoms with Gasteiger partial charge in [0.1, 0.15) is 0 Å².